The molecule has 0 bridgehead atoms. The summed E-state index contributed by atoms with van der Waals surface area (Å²) >= 11 is 0. The summed E-state index contributed by atoms with van der Waals surface area (Å²) in [5.41, 5.74) is 3.12. The second-order valence-electron chi connectivity index (χ2n) is 5.29. The van der Waals surface area contributed by atoms with Gasteiger partial charge in [-0.3, -0.25) is 4.79 Å². The van der Waals surface area contributed by atoms with Gasteiger partial charge in [0.2, 0.25) is 0 Å². The summed E-state index contributed by atoms with van der Waals surface area (Å²) in [5.74, 6) is -0.0711. The van der Waals surface area contributed by atoms with Crippen LogP contribution in [0.5, 0.6) is 0 Å². The van der Waals surface area contributed by atoms with E-state index in [-0.39, 0.29) is 12.5 Å². The molecule has 0 spiro atoms. The third-order valence-electron chi connectivity index (χ3n) is 3.61. The third kappa shape index (κ3) is 4.18. The number of amides is 1. The molecule has 0 aliphatic carbocycles. The highest BCUT2D eigenvalue weighted by atomic mass is 16.3. The molecule has 0 aliphatic rings. The highest BCUT2D eigenvalue weighted by molar-refractivity contribution is 5.94. The molecule has 23 heavy (non-hydrogen) atoms. The Morgan fingerprint density at radius 3 is 2.48 bits per heavy atom. The van der Waals surface area contributed by atoms with Crippen LogP contribution in [0, 0.1) is 11.3 Å². The van der Waals surface area contributed by atoms with E-state index in [1.165, 1.54) is 0 Å². The van der Waals surface area contributed by atoms with E-state index in [0.717, 1.165) is 17.5 Å². The summed E-state index contributed by atoms with van der Waals surface area (Å²) in [6, 6.07) is 16.8. The number of carbonyl (C=O) groups excluding carboxylic acids is 1. The second kappa shape index (κ2) is 8.11. The van der Waals surface area contributed by atoms with Crippen LogP contribution < -0.4 is 0 Å². The first kappa shape index (κ1) is 16.7. The molecule has 2 aromatic rings. The first-order valence-corrected chi connectivity index (χ1v) is 7.70. The lowest BCUT2D eigenvalue weighted by Crippen LogP contribution is -2.34. The molecule has 0 aliphatic heterocycles. The molecular formula is C19H20N2O2. The van der Waals surface area contributed by atoms with Crippen LogP contribution in [-0.4, -0.2) is 35.6 Å². The lowest BCUT2D eigenvalue weighted by molar-refractivity contribution is 0.0722. The minimum Gasteiger partial charge on any atom is -0.395 e. The number of carbonyl (C=O) groups is 1. The van der Waals surface area contributed by atoms with Crippen molar-refractivity contribution in [2.24, 2.45) is 0 Å². The van der Waals surface area contributed by atoms with Gasteiger partial charge in [-0.05, 0) is 41.8 Å². The molecule has 2 rings (SSSR count). The van der Waals surface area contributed by atoms with E-state index >= 15 is 0 Å². The molecule has 1 N–H and O–H groups in total. The molecule has 0 fully saturated rings. The maximum absolute atomic E-state index is 12.4. The molecule has 118 valence electrons. The van der Waals surface area contributed by atoms with Crippen molar-refractivity contribution in [3.63, 3.8) is 0 Å². The Morgan fingerprint density at radius 2 is 1.87 bits per heavy atom. The number of nitrogens with zero attached hydrogens (tertiary/aromatic N) is 2. The number of aliphatic hydroxyl groups excluding tert-OH is 1. The van der Waals surface area contributed by atoms with Crippen molar-refractivity contribution in [2.75, 3.05) is 19.7 Å². The average Bonchev–Trinajstić information content (AvgIpc) is 2.61. The van der Waals surface area contributed by atoms with Crippen LogP contribution in [0.1, 0.15) is 29.3 Å². The van der Waals surface area contributed by atoms with E-state index in [0.29, 0.717) is 24.2 Å². The lowest BCUT2D eigenvalue weighted by atomic mass is 10.0. The Kier molecular flexibility index (Phi) is 5.90. The number of rotatable bonds is 6. The Balaban J connectivity index is 2.21. The molecule has 2 aromatic carbocycles. The van der Waals surface area contributed by atoms with Gasteiger partial charge >= 0.3 is 0 Å². The van der Waals surface area contributed by atoms with Gasteiger partial charge in [0.25, 0.3) is 5.91 Å². The summed E-state index contributed by atoms with van der Waals surface area (Å²) in [6.45, 7) is 2.94. The summed E-state index contributed by atoms with van der Waals surface area (Å²) in [5, 5.41) is 18.0. The van der Waals surface area contributed by atoms with Gasteiger partial charge in [-0.25, -0.2) is 0 Å². The number of aliphatic hydroxyl groups is 1. The van der Waals surface area contributed by atoms with Gasteiger partial charge in [-0.2, -0.15) is 5.26 Å². The quantitative estimate of drug-likeness (QED) is 0.892. The number of hydrogen-bond acceptors (Lipinski definition) is 3. The van der Waals surface area contributed by atoms with E-state index in [9.17, 15) is 4.79 Å². The maximum atomic E-state index is 12.4. The summed E-state index contributed by atoms with van der Waals surface area (Å²) in [4.78, 5) is 14.1. The predicted molar refractivity (Wildman–Crippen MR) is 89.9 cm³/mol. The van der Waals surface area contributed by atoms with Gasteiger partial charge in [-0.15, -0.1) is 0 Å². The van der Waals surface area contributed by atoms with Crippen molar-refractivity contribution in [3.8, 4) is 17.2 Å². The van der Waals surface area contributed by atoms with Gasteiger partial charge in [0.05, 0.1) is 18.2 Å². The Labute approximate surface area is 136 Å². The van der Waals surface area contributed by atoms with E-state index in [4.69, 9.17) is 10.4 Å². The van der Waals surface area contributed by atoms with Crippen molar-refractivity contribution in [2.45, 2.75) is 13.3 Å². The average molecular weight is 308 g/mol. The highest BCUT2D eigenvalue weighted by Gasteiger charge is 2.14. The fraction of sp³-hybridized carbons (Fsp3) is 0.263. The molecule has 0 atom stereocenters. The predicted octanol–water partition coefficient (Wildman–Crippen LogP) is 3.07. The van der Waals surface area contributed by atoms with Crippen LogP contribution in [0.25, 0.3) is 11.1 Å². The van der Waals surface area contributed by atoms with Crippen LogP contribution in [0.4, 0.5) is 0 Å². The molecular weight excluding hydrogens is 288 g/mol. The SMILES string of the molecule is CCCN(CCO)C(=O)c1ccc(-c2cccc(C#N)c2)cc1. The normalized spacial score (nSPS) is 10.1. The summed E-state index contributed by atoms with van der Waals surface area (Å²) in [7, 11) is 0. The molecule has 0 saturated carbocycles. The number of benzene rings is 2. The Hall–Kier alpha value is -2.64. The maximum Gasteiger partial charge on any atom is 0.253 e. The zero-order valence-corrected chi connectivity index (χ0v) is 13.2. The molecule has 0 saturated heterocycles. The minimum absolute atomic E-state index is 0.0369. The van der Waals surface area contributed by atoms with Gasteiger partial charge < -0.3 is 10.0 Å². The Morgan fingerprint density at radius 1 is 1.13 bits per heavy atom. The fourth-order valence-corrected chi connectivity index (χ4v) is 2.46. The third-order valence-corrected chi connectivity index (χ3v) is 3.61. The first-order chi connectivity index (χ1) is 11.2. The van der Waals surface area contributed by atoms with E-state index < -0.39 is 0 Å². The smallest absolute Gasteiger partial charge is 0.253 e. The van der Waals surface area contributed by atoms with Crippen molar-refractivity contribution < 1.29 is 9.90 Å². The van der Waals surface area contributed by atoms with Gasteiger partial charge in [0.1, 0.15) is 0 Å². The van der Waals surface area contributed by atoms with Crippen molar-refractivity contribution in [1.29, 1.82) is 5.26 Å². The lowest BCUT2D eigenvalue weighted by Gasteiger charge is -2.21. The second-order valence-corrected chi connectivity index (χ2v) is 5.29. The van der Waals surface area contributed by atoms with E-state index in [1.54, 1.807) is 23.1 Å². The largest absolute Gasteiger partial charge is 0.395 e. The van der Waals surface area contributed by atoms with Crippen LogP contribution in [-0.2, 0) is 0 Å². The van der Waals surface area contributed by atoms with Crippen molar-refractivity contribution in [1.82, 2.24) is 4.90 Å². The molecule has 4 nitrogen and oxygen atoms in total. The van der Waals surface area contributed by atoms with Crippen molar-refractivity contribution >= 4 is 5.91 Å². The Bertz CT molecular complexity index is 696. The van der Waals surface area contributed by atoms with Crippen LogP contribution in [0.2, 0.25) is 0 Å². The van der Waals surface area contributed by atoms with Crippen LogP contribution in [0.3, 0.4) is 0 Å². The van der Waals surface area contributed by atoms with Gasteiger partial charge in [-0.1, -0.05) is 31.2 Å². The zero-order valence-electron chi connectivity index (χ0n) is 13.2. The van der Waals surface area contributed by atoms with Crippen molar-refractivity contribution in [3.05, 3.63) is 59.7 Å². The molecule has 0 heterocycles. The topological polar surface area (TPSA) is 64.3 Å². The molecule has 0 aromatic heterocycles. The number of hydrogen-bond donors (Lipinski definition) is 1. The van der Waals surface area contributed by atoms with Crippen LogP contribution in [0.15, 0.2) is 48.5 Å². The van der Waals surface area contributed by atoms with Crippen LogP contribution >= 0.6 is 0 Å². The highest BCUT2D eigenvalue weighted by Crippen LogP contribution is 2.21. The molecule has 0 radical (unpaired) electrons. The summed E-state index contributed by atoms with van der Waals surface area (Å²) in [6.07, 6.45) is 0.852. The van der Waals surface area contributed by atoms with Gasteiger partial charge in [0.15, 0.2) is 0 Å². The standard InChI is InChI=1S/C19H20N2O2/c1-2-10-21(11-12-22)19(23)17-8-6-16(7-9-17)18-5-3-4-15(13-18)14-20/h3-9,13,22H,2,10-12H2,1H3. The molecule has 0 unspecified atom stereocenters. The van der Waals surface area contributed by atoms with E-state index in [2.05, 4.69) is 6.07 Å². The molecule has 4 heteroatoms. The van der Waals surface area contributed by atoms with E-state index in [1.807, 2.05) is 37.3 Å². The monoisotopic (exact) mass is 308 g/mol. The van der Waals surface area contributed by atoms with Gasteiger partial charge in [0, 0.05) is 18.7 Å². The first-order valence-electron chi connectivity index (χ1n) is 7.70. The summed E-state index contributed by atoms with van der Waals surface area (Å²) < 4.78 is 0. The fourth-order valence-electron chi connectivity index (χ4n) is 2.46. The molecule has 1 amide bonds. The minimum atomic E-state index is -0.0711. The zero-order chi connectivity index (χ0) is 16.7. The number of nitriles is 1.